The van der Waals surface area contributed by atoms with E-state index in [1.54, 1.807) is 42.1 Å². The molecule has 0 aliphatic rings. The van der Waals surface area contributed by atoms with Gasteiger partial charge in [-0.05, 0) is 30.3 Å². The molecule has 1 heterocycles. The Kier molecular flexibility index (Phi) is 3.17. The summed E-state index contributed by atoms with van der Waals surface area (Å²) < 4.78 is 19.8. The predicted octanol–water partition coefficient (Wildman–Crippen LogP) is 3.17. The number of ether oxygens (including phenoxy) is 1. The number of fused-ring (bicyclic) bond motifs is 1. The normalized spacial score (nSPS) is 10.8. The van der Waals surface area contributed by atoms with Crippen molar-refractivity contribution < 1.29 is 13.9 Å². The number of aryl methyl sites for hydroxylation is 1. The largest absolute Gasteiger partial charge is 0.465 e. The molecule has 3 aromatic rings. The van der Waals surface area contributed by atoms with Crippen LogP contribution in [0, 0.1) is 5.82 Å². The van der Waals surface area contributed by atoms with Gasteiger partial charge in [-0.2, -0.15) is 5.10 Å². The maximum atomic E-state index is 13.4. The second-order valence-electron chi connectivity index (χ2n) is 4.71. The Hall–Kier alpha value is -2.69. The van der Waals surface area contributed by atoms with Gasteiger partial charge >= 0.3 is 5.97 Å². The molecule has 106 valence electrons. The Bertz CT molecular complexity index is 839. The third-order valence-corrected chi connectivity index (χ3v) is 3.37. The zero-order valence-corrected chi connectivity index (χ0v) is 11.6. The van der Waals surface area contributed by atoms with Crippen LogP contribution in [-0.2, 0) is 11.8 Å². The number of benzene rings is 2. The quantitative estimate of drug-likeness (QED) is 0.679. The molecular formula is C16H13FN2O2. The van der Waals surface area contributed by atoms with E-state index in [2.05, 4.69) is 5.10 Å². The van der Waals surface area contributed by atoms with Crippen molar-refractivity contribution in [3.8, 4) is 11.3 Å². The number of hydrogen-bond acceptors (Lipinski definition) is 3. The molecule has 0 unspecified atom stereocenters. The van der Waals surface area contributed by atoms with Crippen LogP contribution in [0.15, 0.2) is 42.5 Å². The number of methoxy groups -OCH3 is 1. The van der Waals surface area contributed by atoms with E-state index < -0.39 is 5.97 Å². The van der Waals surface area contributed by atoms with E-state index in [-0.39, 0.29) is 5.82 Å². The number of esters is 1. The van der Waals surface area contributed by atoms with Crippen LogP contribution in [0.25, 0.3) is 22.2 Å². The second kappa shape index (κ2) is 5.01. The van der Waals surface area contributed by atoms with Crippen LogP contribution >= 0.6 is 0 Å². The minimum atomic E-state index is -0.398. The van der Waals surface area contributed by atoms with Gasteiger partial charge in [0.2, 0.25) is 0 Å². The molecule has 0 fully saturated rings. The summed E-state index contributed by atoms with van der Waals surface area (Å²) in [6, 6.07) is 11.5. The van der Waals surface area contributed by atoms with Gasteiger partial charge in [0.15, 0.2) is 0 Å². The summed E-state index contributed by atoms with van der Waals surface area (Å²) in [6.45, 7) is 0. The summed E-state index contributed by atoms with van der Waals surface area (Å²) in [4.78, 5) is 11.6. The average molecular weight is 284 g/mol. The summed E-state index contributed by atoms with van der Waals surface area (Å²) >= 11 is 0. The van der Waals surface area contributed by atoms with Crippen LogP contribution < -0.4 is 0 Å². The van der Waals surface area contributed by atoms with Crippen LogP contribution in [0.1, 0.15) is 10.4 Å². The lowest BCUT2D eigenvalue weighted by atomic mass is 10.1. The first-order chi connectivity index (χ1) is 10.1. The van der Waals surface area contributed by atoms with Crippen molar-refractivity contribution in [2.24, 2.45) is 7.05 Å². The number of carbonyl (C=O) groups is 1. The van der Waals surface area contributed by atoms with Crippen molar-refractivity contribution >= 4 is 16.9 Å². The molecule has 21 heavy (non-hydrogen) atoms. The van der Waals surface area contributed by atoms with Crippen molar-refractivity contribution in [1.29, 1.82) is 0 Å². The number of rotatable bonds is 2. The first-order valence-electron chi connectivity index (χ1n) is 6.41. The first-order valence-corrected chi connectivity index (χ1v) is 6.41. The fraction of sp³-hybridized carbons (Fsp3) is 0.125. The topological polar surface area (TPSA) is 44.1 Å². The Morgan fingerprint density at radius 1 is 1.24 bits per heavy atom. The summed E-state index contributed by atoms with van der Waals surface area (Å²) in [5, 5.41) is 5.28. The Morgan fingerprint density at radius 3 is 2.76 bits per heavy atom. The van der Waals surface area contributed by atoms with Crippen LogP contribution in [0.4, 0.5) is 4.39 Å². The molecule has 0 radical (unpaired) electrons. The van der Waals surface area contributed by atoms with Gasteiger partial charge in [-0.15, -0.1) is 0 Å². The summed E-state index contributed by atoms with van der Waals surface area (Å²) in [5.74, 6) is -0.706. The van der Waals surface area contributed by atoms with Crippen molar-refractivity contribution in [3.05, 3.63) is 53.8 Å². The monoisotopic (exact) mass is 284 g/mol. The predicted molar refractivity (Wildman–Crippen MR) is 77.4 cm³/mol. The SMILES string of the molecule is COC(=O)c1ccc2c(-c3cccc(F)c3)nn(C)c2c1. The average Bonchev–Trinajstić information content (AvgIpc) is 2.83. The molecule has 0 amide bonds. The Morgan fingerprint density at radius 2 is 2.05 bits per heavy atom. The molecule has 0 saturated carbocycles. The lowest BCUT2D eigenvalue weighted by molar-refractivity contribution is 0.0601. The molecule has 2 aromatic carbocycles. The second-order valence-corrected chi connectivity index (χ2v) is 4.71. The van der Waals surface area contributed by atoms with Gasteiger partial charge in [0.05, 0.1) is 18.2 Å². The van der Waals surface area contributed by atoms with Gasteiger partial charge in [-0.25, -0.2) is 9.18 Å². The first kappa shape index (κ1) is 13.3. The van der Waals surface area contributed by atoms with Gasteiger partial charge < -0.3 is 4.74 Å². The molecule has 5 heteroatoms. The van der Waals surface area contributed by atoms with Crippen LogP contribution in [0.2, 0.25) is 0 Å². The Labute approximate surface area is 120 Å². The molecule has 0 atom stereocenters. The van der Waals surface area contributed by atoms with E-state index >= 15 is 0 Å². The van der Waals surface area contributed by atoms with E-state index in [9.17, 15) is 9.18 Å². The highest BCUT2D eigenvalue weighted by Crippen LogP contribution is 2.28. The van der Waals surface area contributed by atoms with Crippen molar-refractivity contribution in [1.82, 2.24) is 9.78 Å². The zero-order chi connectivity index (χ0) is 15.0. The molecular weight excluding hydrogens is 271 g/mol. The molecule has 1 aromatic heterocycles. The molecule has 0 N–H and O–H groups in total. The molecule has 0 bridgehead atoms. The summed E-state index contributed by atoms with van der Waals surface area (Å²) in [6.07, 6.45) is 0. The number of aromatic nitrogens is 2. The minimum Gasteiger partial charge on any atom is -0.465 e. The molecule has 4 nitrogen and oxygen atoms in total. The highest BCUT2D eigenvalue weighted by atomic mass is 19.1. The third kappa shape index (κ3) is 2.27. The lowest BCUT2D eigenvalue weighted by Gasteiger charge is -2.01. The number of carbonyl (C=O) groups excluding carboxylic acids is 1. The van der Waals surface area contributed by atoms with E-state index in [1.807, 2.05) is 0 Å². The molecule has 0 aliphatic carbocycles. The number of halogens is 1. The Balaban J connectivity index is 2.20. The minimum absolute atomic E-state index is 0.308. The van der Waals surface area contributed by atoms with Gasteiger partial charge in [-0.1, -0.05) is 12.1 Å². The van der Waals surface area contributed by atoms with Crippen LogP contribution in [-0.4, -0.2) is 22.9 Å². The van der Waals surface area contributed by atoms with Crippen molar-refractivity contribution in [2.75, 3.05) is 7.11 Å². The van der Waals surface area contributed by atoms with Crippen molar-refractivity contribution in [2.45, 2.75) is 0 Å². The van der Waals surface area contributed by atoms with E-state index in [1.165, 1.54) is 19.2 Å². The third-order valence-electron chi connectivity index (χ3n) is 3.37. The molecule has 0 saturated heterocycles. The van der Waals surface area contributed by atoms with Crippen LogP contribution in [0.5, 0.6) is 0 Å². The highest BCUT2D eigenvalue weighted by Gasteiger charge is 2.14. The molecule has 3 rings (SSSR count). The summed E-state index contributed by atoms with van der Waals surface area (Å²) in [5.41, 5.74) is 2.63. The van der Waals surface area contributed by atoms with E-state index in [4.69, 9.17) is 4.74 Å². The van der Waals surface area contributed by atoms with Crippen LogP contribution in [0.3, 0.4) is 0 Å². The molecule has 0 aliphatic heterocycles. The van der Waals surface area contributed by atoms with Gasteiger partial charge in [0.25, 0.3) is 0 Å². The van der Waals surface area contributed by atoms with Crippen molar-refractivity contribution in [3.63, 3.8) is 0 Å². The number of hydrogen-bond donors (Lipinski definition) is 0. The molecule has 0 spiro atoms. The maximum absolute atomic E-state index is 13.4. The lowest BCUT2D eigenvalue weighted by Crippen LogP contribution is -2.01. The fourth-order valence-corrected chi connectivity index (χ4v) is 2.35. The summed E-state index contributed by atoms with van der Waals surface area (Å²) in [7, 11) is 3.13. The van der Waals surface area contributed by atoms with Gasteiger partial charge in [-0.3, -0.25) is 4.68 Å². The van der Waals surface area contributed by atoms with Gasteiger partial charge in [0.1, 0.15) is 11.5 Å². The fourth-order valence-electron chi connectivity index (χ4n) is 2.35. The standard InChI is InChI=1S/C16H13FN2O2/c1-19-14-9-11(16(20)21-2)6-7-13(14)15(18-19)10-4-3-5-12(17)8-10/h3-9H,1-2H3. The maximum Gasteiger partial charge on any atom is 0.337 e. The number of nitrogens with zero attached hydrogens (tertiary/aromatic N) is 2. The smallest absolute Gasteiger partial charge is 0.337 e. The van der Waals surface area contributed by atoms with E-state index in [0.29, 0.717) is 16.8 Å². The zero-order valence-electron chi connectivity index (χ0n) is 11.6. The highest BCUT2D eigenvalue weighted by molar-refractivity contribution is 5.99. The van der Waals surface area contributed by atoms with E-state index in [0.717, 1.165) is 10.9 Å². The van der Waals surface area contributed by atoms with Gasteiger partial charge in [0, 0.05) is 18.0 Å².